The molecule has 0 bridgehead atoms. The summed E-state index contributed by atoms with van der Waals surface area (Å²) in [4.78, 5) is 12.5. The molecule has 0 radical (unpaired) electrons. The van der Waals surface area contributed by atoms with E-state index in [0.717, 1.165) is 19.4 Å². The van der Waals surface area contributed by atoms with Gasteiger partial charge in [0.1, 0.15) is 0 Å². The van der Waals surface area contributed by atoms with Crippen LogP contribution < -0.4 is 15.4 Å². The van der Waals surface area contributed by atoms with E-state index in [1.54, 1.807) is 7.05 Å². The minimum atomic E-state index is -0.143. The van der Waals surface area contributed by atoms with Crippen LogP contribution >= 0.6 is 0 Å². The fraction of sp³-hybridized carbons (Fsp3) is 0.727. The third-order valence-electron chi connectivity index (χ3n) is 2.87. The summed E-state index contributed by atoms with van der Waals surface area (Å²) in [7, 11) is 3.29. The van der Waals surface area contributed by atoms with Gasteiger partial charge in [0, 0.05) is 13.7 Å². The Balaban J connectivity index is 2.16. The van der Waals surface area contributed by atoms with Gasteiger partial charge < -0.3 is 20.1 Å². The summed E-state index contributed by atoms with van der Waals surface area (Å²) < 4.78 is 10.5. The molecule has 18 heavy (non-hydrogen) atoms. The van der Waals surface area contributed by atoms with E-state index in [0.29, 0.717) is 18.5 Å². The van der Waals surface area contributed by atoms with Gasteiger partial charge in [-0.15, -0.1) is 0 Å². The number of hydrogen-bond donors (Lipinski definition) is 2. The highest BCUT2D eigenvalue weighted by atomic mass is 16.5. The van der Waals surface area contributed by atoms with Gasteiger partial charge in [-0.25, -0.2) is 0 Å². The first-order valence-electron chi connectivity index (χ1n) is 5.99. The van der Waals surface area contributed by atoms with Crippen molar-refractivity contribution < 1.29 is 9.47 Å². The van der Waals surface area contributed by atoms with Gasteiger partial charge in [-0.3, -0.25) is 0 Å². The van der Waals surface area contributed by atoms with Crippen molar-refractivity contribution in [2.24, 2.45) is 0 Å². The first kappa shape index (κ1) is 12.8. The molecule has 1 saturated heterocycles. The Bertz CT molecular complexity index is 384. The van der Waals surface area contributed by atoms with Gasteiger partial charge in [-0.05, 0) is 19.8 Å². The molecule has 0 spiro atoms. The Hall–Kier alpha value is -1.63. The van der Waals surface area contributed by atoms with Crippen LogP contribution in [-0.4, -0.2) is 47.9 Å². The lowest BCUT2D eigenvalue weighted by Gasteiger charge is -2.34. The van der Waals surface area contributed by atoms with Crippen molar-refractivity contribution in [3.05, 3.63) is 0 Å². The second kappa shape index (κ2) is 5.34. The first-order chi connectivity index (χ1) is 8.65. The lowest BCUT2D eigenvalue weighted by molar-refractivity contribution is 0.0537. The number of hydrogen-bond acceptors (Lipinski definition) is 7. The average molecular weight is 253 g/mol. The topological polar surface area (TPSA) is 81.2 Å². The molecular weight excluding hydrogens is 234 g/mol. The van der Waals surface area contributed by atoms with E-state index in [4.69, 9.17) is 9.47 Å². The maximum atomic E-state index is 5.49. The van der Waals surface area contributed by atoms with E-state index in [-0.39, 0.29) is 11.5 Å². The molecule has 1 unspecified atom stereocenters. The summed E-state index contributed by atoms with van der Waals surface area (Å²) in [5.74, 6) is 0.976. The van der Waals surface area contributed by atoms with E-state index >= 15 is 0 Å². The third-order valence-corrected chi connectivity index (χ3v) is 2.87. The Kier molecular flexibility index (Phi) is 3.81. The molecule has 2 rings (SSSR count). The van der Waals surface area contributed by atoms with Gasteiger partial charge in [-0.1, -0.05) is 0 Å². The molecule has 1 atom stereocenters. The summed E-state index contributed by atoms with van der Waals surface area (Å²) in [6, 6.07) is 0.289. The zero-order valence-electron chi connectivity index (χ0n) is 11.0. The molecule has 1 aromatic heterocycles. The fourth-order valence-corrected chi connectivity index (χ4v) is 1.92. The number of rotatable bonds is 4. The van der Waals surface area contributed by atoms with Crippen molar-refractivity contribution in [1.29, 1.82) is 0 Å². The summed E-state index contributed by atoms with van der Waals surface area (Å²) >= 11 is 0. The second-order valence-corrected chi connectivity index (χ2v) is 4.56. The standard InChI is InChI=1S/C11H19N5O2/c1-11(5-4-6-18-7-11)16-9-13-8(12-2)14-10(15-9)17-3/h4-7H2,1-3H3,(H2,12,13,14,15,16). The summed E-state index contributed by atoms with van der Waals surface area (Å²) in [6.45, 7) is 3.57. The van der Waals surface area contributed by atoms with Gasteiger partial charge in [0.2, 0.25) is 11.9 Å². The SMILES string of the molecule is CNc1nc(NC2(C)CCCOC2)nc(OC)n1. The monoisotopic (exact) mass is 253 g/mol. The number of nitrogens with one attached hydrogen (secondary N) is 2. The quantitative estimate of drug-likeness (QED) is 0.825. The van der Waals surface area contributed by atoms with E-state index < -0.39 is 0 Å². The van der Waals surface area contributed by atoms with Crippen LogP contribution in [0, 0.1) is 0 Å². The van der Waals surface area contributed by atoms with Crippen molar-refractivity contribution in [2.75, 3.05) is 38.0 Å². The zero-order valence-corrected chi connectivity index (χ0v) is 11.0. The Morgan fingerprint density at radius 1 is 1.28 bits per heavy atom. The van der Waals surface area contributed by atoms with Crippen LogP contribution in [0.3, 0.4) is 0 Å². The van der Waals surface area contributed by atoms with Gasteiger partial charge in [0.05, 0.1) is 19.3 Å². The van der Waals surface area contributed by atoms with Crippen LogP contribution in [0.25, 0.3) is 0 Å². The molecule has 2 N–H and O–H groups in total. The zero-order chi connectivity index (χ0) is 13.0. The molecule has 1 aromatic rings. The minimum Gasteiger partial charge on any atom is -0.467 e. The molecule has 7 heteroatoms. The number of methoxy groups -OCH3 is 1. The molecular formula is C11H19N5O2. The van der Waals surface area contributed by atoms with Crippen molar-refractivity contribution in [3.8, 4) is 6.01 Å². The van der Waals surface area contributed by atoms with Crippen LogP contribution in [0.15, 0.2) is 0 Å². The molecule has 2 heterocycles. The molecule has 100 valence electrons. The summed E-state index contributed by atoms with van der Waals surface area (Å²) in [5, 5.41) is 6.18. The molecule has 1 fully saturated rings. The van der Waals surface area contributed by atoms with Crippen molar-refractivity contribution in [2.45, 2.75) is 25.3 Å². The van der Waals surface area contributed by atoms with E-state index in [2.05, 4.69) is 32.5 Å². The van der Waals surface area contributed by atoms with Gasteiger partial charge in [0.15, 0.2) is 0 Å². The van der Waals surface area contributed by atoms with Gasteiger partial charge in [0.25, 0.3) is 0 Å². The lowest BCUT2D eigenvalue weighted by Crippen LogP contribution is -2.43. The predicted octanol–water partition coefficient (Wildman–Crippen LogP) is 0.903. The number of anilines is 2. The molecule has 0 aromatic carbocycles. The molecule has 1 aliphatic rings. The number of ether oxygens (including phenoxy) is 2. The van der Waals surface area contributed by atoms with E-state index in [9.17, 15) is 0 Å². The maximum absolute atomic E-state index is 5.49. The summed E-state index contributed by atoms with van der Waals surface area (Å²) in [6.07, 6.45) is 2.06. The highest BCUT2D eigenvalue weighted by Crippen LogP contribution is 2.23. The third kappa shape index (κ3) is 2.98. The second-order valence-electron chi connectivity index (χ2n) is 4.56. The van der Waals surface area contributed by atoms with Crippen LogP contribution in [0.5, 0.6) is 6.01 Å². The minimum absolute atomic E-state index is 0.143. The summed E-state index contributed by atoms with van der Waals surface area (Å²) in [5.41, 5.74) is -0.143. The Labute approximate surface area is 106 Å². The smallest absolute Gasteiger partial charge is 0.322 e. The van der Waals surface area contributed by atoms with Crippen LogP contribution in [0.2, 0.25) is 0 Å². The number of aromatic nitrogens is 3. The lowest BCUT2D eigenvalue weighted by atomic mass is 9.95. The Morgan fingerprint density at radius 2 is 2.06 bits per heavy atom. The van der Waals surface area contributed by atoms with E-state index in [1.807, 2.05) is 0 Å². The fourth-order valence-electron chi connectivity index (χ4n) is 1.92. The molecule has 0 saturated carbocycles. The van der Waals surface area contributed by atoms with Crippen LogP contribution in [-0.2, 0) is 4.74 Å². The number of nitrogens with zero attached hydrogens (tertiary/aromatic N) is 3. The normalized spacial score (nSPS) is 23.5. The van der Waals surface area contributed by atoms with Gasteiger partial charge >= 0.3 is 6.01 Å². The predicted molar refractivity (Wildman–Crippen MR) is 68.0 cm³/mol. The van der Waals surface area contributed by atoms with Gasteiger partial charge in [-0.2, -0.15) is 15.0 Å². The Morgan fingerprint density at radius 3 is 2.67 bits per heavy atom. The largest absolute Gasteiger partial charge is 0.467 e. The maximum Gasteiger partial charge on any atom is 0.322 e. The van der Waals surface area contributed by atoms with Crippen molar-refractivity contribution in [3.63, 3.8) is 0 Å². The van der Waals surface area contributed by atoms with E-state index in [1.165, 1.54) is 7.11 Å². The average Bonchev–Trinajstić information content (AvgIpc) is 2.38. The van der Waals surface area contributed by atoms with Crippen LogP contribution in [0.1, 0.15) is 19.8 Å². The highest BCUT2D eigenvalue weighted by Gasteiger charge is 2.28. The highest BCUT2D eigenvalue weighted by molar-refractivity contribution is 5.37. The molecule has 7 nitrogen and oxygen atoms in total. The first-order valence-corrected chi connectivity index (χ1v) is 5.99. The van der Waals surface area contributed by atoms with Crippen LogP contribution in [0.4, 0.5) is 11.9 Å². The molecule has 0 amide bonds. The van der Waals surface area contributed by atoms with Crippen molar-refractivity contribution in [1.82, 2.24) is 15.0 Å². The van der Waals surface area contributed by atoms with Crippen molar-refractivity contribution >= 4 is 11.9 Å². The molecule has 1 aliphatic heterocycles. The molecule has 0 aliphatic carbocycles.